The van der Waals surface area contributed by atoms with Gasteiger partial charge in [-0.05, 0) is 20.8 Å². The first-order chi connectivity index (χ1) is 6.26. The maximum Gasteiger partial charge on any atom is 0.323 e. The lowest BCUT2D eigenvalue weighted by Gasteiger charge is -2.25. The van der Waals surface area contributed by atoms with Crippen LogP contribution >= 0.6 is 0 Å². The molecule has 0 saturated carbocycles. The third-order valence-electron chi connectivity index (χ3n) is 1.47. The van der Waals surface area contributed by atoms with Crippen molar-refractivity contribution in [2.24, 2.45) is 0 Å². The molecule has 14 heavy (non-hydrogen) atoms. The van der Waals surface area contributed by atoms with Crippen molar-refractivity contribution in [1.82, 2.24) is 5.32 Å². The maximum absolute atomic E-state index is 11.2. The first kappa shape index (κ1) is 12.9. The predicted molar refractivity (Wildman–Crippen MR) is 50.9 cm³/mol. The molecule has 0 aromatic rings. The fourth-order valence-corrected chi connectivity index (χ4v) is 1.03. The molecule has 0 amide bonds. The van der Waals surface area contributed by atoms with Crippen molar-refractivity contribution in [3.8, 4) is 0 Å². The molecular formula is C9H17NO4. The zero-order valence-corrected chi connectivity index (χ0v) is 8.96. The fraction of sp³-hybridized carbons (Fsp3) is 0.778. The number of rotatable bonds is 4. The smallest absolute Gasteiger partial charge is 0.323 e. The van der Waals surface area contributed by atoms with Gasteiger partial charge < -0.3 is 9.84 Å². The van der Waals surface area contributed by atoms with E-state index in [1.165, 1.54) is 7.11 Å². The first-order valence-corrected chi connectivity index (χ1v) is 4.33. The molecule has 0 aliphatic carbocycles. The number of carbonyl (C=O) groups excluding carboxylic acids is 1. The second-order valence-corrected chi connectivity index (χ2v) is 4.07. The monoisotopic (exact) mass is 203 g/mol. The van der Waals surface area contributed by atoms with E-state index < -0.39 is 18.0 Å². The fourth-order valence-electron chi connectivity index (χ4n) is 1.03. The minimum atomic E-state index is -1.03. The van der Waals surface area contributed by atoms with Crippen LogP contribution in [0.4, 0.5) is 0 Å². The normalized spacial score (nSPS) is 13.4. The van der Waals surface area contributed by atoms with Crippen LogP contribution in [0.25, 0.3) is 0 Å². The van der Waals surface area contributed by atoms with Gasteiger partial charge in [-0.1, -0.05) is 0 Å². The standard InChI is InChI=1S/C9H17NO4/c1-9(2,3)10-6(5-7(11)12)8(13)14-4/h6,10H,5H2,1-4H3,(H,11,12)/t6-/m0/s1. The average Bonchev–Trinajstić information content (AvgIpc) is 1.98. The van der Waals surface area contributed by atoms with Gasteiger partial charge in [0.1, 0.15) is 6.04 Å². The predicted octanol–water partition coefficient (Wildman–Crippen LogP) is 0.391. The van der Waals surface area contributed by atoms with Gasteiger partial charge in [0.25, 0.3) is 0 Å². The highest BCUT2D eigenvalue weighted by atomic mass is 16.5. The summed E-state index contributed by atoms with van der Waals surface area (Å²) in [6.45, 7) is 5.56. The third kappa shape index (κ3) is 5.53. The minimum absolute atomic E-state index is 0.274. The molecular weight excluding hydrogens is 186 g/mol. The largest absolute Gasteiger partial charge is 0.481 e. The van der Waals surface area contributed by atoms with E-state index in [-0.39, 0.29) is 12.0 Å². The lowest BCUT2D eigenvalue weighted by molar-refractivity contribution is -0.148. The van der Waals surface area contributed by atoms with Crippen LogP contribution in [0.3, 0.4) is 0 Å². The molecule has 0 unspecified atom stereocenters. The van der Waals surface area contributed by atoms with Crippen LogP contribution < -0.4 is 5.32 Å². The molecule has 0 bridgehead atoms. The van der Waals surface area contributed by atoms with E-state index in [2.05, 4.69) is 10.1 Å². The molecule has 0 rings (SSSR count). The van der Waals surface area contributed by atoms with E-state index >= 15 is 0 Å². The SMILES string of the molecule is COC(=O)[C@H](CC(=O)O)NC(C)(C)C. The molecule has 5 nitrogen and oxygen atoms in total. The summed E-state index contributed by atoms with van der Waals surface area (Å²) in [5.74, 6) is -1.58. The highest BCUT2D eigenvalue weighted by Crippen LogP contribution is 2.05. The lowest BCUT2D eigenvalue weighted by Crippen LogP contribution is -2.49. The summed E-state index contributed by atoms with van der Waals surface area (Å²) in [5, 5.41) is 11.5. The molecule has 0 spiro atoms. The molecule has 0 radical (unpaired) electrons. The average molecular weight is 203 g/mol. The summed E-state index contributed by atoms with van der Waals surface area (Å²) in [4.78, 5) is 21.6. The van der Waals surface area contributed by atoms with Gasteiger partial charge in [-0.15, -0.1) is 0 Å². The Hall–Kier alpha value is -1.10. The summed E-state index contributed by atoms with van der Waals surface area (Å²) >= 11 is 0. The van der Waals surface area contributed by atoms with Gasteiger partial charge in [-0.25, -0.2) is 0 Å². The van der Waals surface area contributed by atoms with Crippen molar-refractivity contribution in [2.45, 2.75) is 38.8 Å². The molecule has 0 fully saturated rings. The van der Waals surface area contributed by atoms with Crippen LogP contribution in [-0.4, -0.2) is 35.7 Å². The number of methoxy groups -OCH3 is 1. The number of carbonyl (C=O) groups is 2. The van der Waals surface area contributed by atoms with Crippen molar-refractivity contribution in [2.75, 3.05) is 7.11 Å². The van der Waals surface area contributed by atoms with Gasteiger partial charge in [0.05, 0.1) is 13.5 Å². The van der Waals surface area contributed by atoms with E-state index in [4.69, 9.17) is 5.11 Å². The number of carboxylic acid groups (broad SMARTS) is 1. The van der Waals surface area contributed by atoms with E-state index in [0.717, 1.165) is 0 Å². The van der Waals surface area contributed by atoms with Gasteiger partial charge in [0.15, 0.2) is 0 Å². The molecule has 0 saturated heterocycles. The summed E-state index contributed by atoms with van der Waals surface area (Å²) in [6, 6.07) is -0.794. The summed E-state index contributed by atoms with van der Waals surface area (Å²) < 4.78 is 4.49. The van der Waals surface area contributed by atoms with Gasteiger partial charge >= 0.3 is 11.9 Å². The Balaban J connectivity index is 4.40. The topological polar surface area (TPSA) is 75.6 Å². The number of hydrogen-bond donors (Lipinski definition) is 2. The molecule has 82 valence electrons. The molecule has 5 heteroatoms. The Bertz CT molecular complexity index is 219. The summed E-state index contributed by atoms with van der Waals surface area (Å²) in [7, 11) is 1.24. The number of carboxylic acids is 1. The van der Waals surface area contributed by atoms with E-state index in [1.54, 1.807) is 0 Å². The molecule has 1 atom stereocenters. The molecule has 0 aliphatic heterocycles. The Morgan fingerprint density at radius 3 is 2.21 bits per heavy atom. The Morgan fingerprint density at radius 2 is 1.93 bits per heavy atom. The zero-order valence-electron chi connectivity index (χ0n) is 8.96. The molecule has 2 N–H and O–H groups in total. The number of hydrogen-bond acceptors (Lipinski definition) is 4. The third-order valence-corrected chi connectivity index (χ3v) is 1.47. The van der Waals surface area contributed by atoms with Gasteiger partial charge in [-0.3, -0.25) is 14.9 Å². The number of ether oxygens (including phenoxy) is 1. The molecule has 0 heterocycles. The van der Waals surface area contributed by atoms with Crippen molar-refractivity contribution < 1.29 is 19.4 Å². The van der Waals surface area contributed by atoms with Crippen molar-refractivity contribution in [3.05, 3.63) is 0 Å². The van der Waals surface area contributed by atoms with Crippen molar-refractivity contribution >= 4 is 11.9 Å². The molecule has 0 aliphatic rings. The number of esters is 1. The quantitative estimate of drug-likeness (QED) is 0.646. The van der Waals surface area contributed by atoms with Crippen LogP contribution in [0, 0.1) is 0 Å². The van der Waals surface area contributed by atoms with Crippen LogP contribution in [0.2, 0.25) is 0 Å². The Morgan fingerprint density at radius 1 is 1.43 bits per heavy atom. The van der Waals surface area contributed by atoms with E-state index in [9.17, 15) is 9.59 Å². The van der Waals surface area contributed by atoms with E-state index in [1.807, 2.05) is 20.8 Å². The number of aliphatic carboxylic acids is 1. The van der Waals surface area contributed by atoms with Crippen molar-refractivity contribution in [1.29, 1.82) is 0 Å². The summed E-state index contributed by atoms with van der Waals surface area (Å²) in [6.07, 6.45) is -0.274. The lowest BCUT2D eigenvalue weighted by atomic mass is 10.1. The van der Waals surface area contributed by atoms with Crippen LogP contribution in [-0.2, 0) is 14.3 Å². The van der Waals surface area contributed by atoms with Gasteiger partial charge in [0, 0.05) is 5.54 Å². The minimum Gasteiger partial charge on any atom is -0.481 e. The molecule has 0 aromatic heterocycles. The highest BCUT2D eigenvalue weighted by Gasteiger charge is 2.26. The first-order valence-electron chi connectivity index (χ1n) is 4.33. The second-order valence-electron chi connectivity index (χ2n) is 4.07. The summed E-state index contributed by atoms with van der Waals surface area (Å²) in [5.41, 5.74) is -0.325. The van der Waals surface area contributed by atoms with E-state index in [0.29, 0.717) is 0 Å². The van der Waals surface area contributed by atoms with Crippen LogP contribution in [0.1, 0.15) is 27.2 Å². The zero-order chi connectivity index (χ0) is 11.4. The van der Waals surface area contributed by atoms with Crippen molar-refractivity contribution in [3.63, 3.8) is 0 Å². The second kappa shape index (κ2) is 4.95. The van der Waals surface area contributed by atoms with Crippen LogP contribution in [0.5, 0.6) is 0 Å². The Kier molecular flexibility index (Phi) is 4.56. The van der Waals surface area contributed by atoms with Gasteiger partial charge in [-0.2, -0.15) is 0 Å². The van der Waals surface area contributed by atoms with Gasteiger partial charge in [0.2, 0.25) is 0 Å². The Labute approximate surface area is 83.4 Å². The maximum atomic E-state index is 11.2. The number of nitrogens with one attached hydrogen (secondary N) is 1. The van der Waals surface area contributed by atoms with Crippen LogP contribution in [0.15, 0.2) is 0 Å². The highest BCUT2D eigenvalue weighted by molar-refractivity contribution is 5.81. The molecule has 0 aromatic carbocycles.